The molecule has 2 aliphatic carbocycles. The predicted molar refractivity (Wildman–Crippen MR) is 58.3 cm³/mol. The van der Waals surface area contributed by atoms with Crippen LogP contribution in [0.3, 0.4) is 0 Å². The third-order valence-electron chi connectivity index (χ3n) is 4.43. The van der Waals surface area contributed by atoms with Gasteiger partial charge in [-0.15, -0.1) is 6.58 Å². The third-order valence-corrected chi connectivity index (χ3v) is 4.43. The summed E-state index contributed by atoms with van der Waals surface area (Å²) in [6.45, 7) is 4.34. The van der Waals surface area contributed by atoms with Crippen molar-refractivity contribution >= 4 is 5.97 Å². The van der Waals surface area contributed by atoms with E-state index in [0.717, 1.165) is 12.8 Å². The first kappa shape index (κ1) is 10.7. The van der Waals surface area contributed by atoms with Crippen LogP contribution < -0.4 is 5.73 Å². The van der Waals surface area contributed by atoms with Crippen LogP contribution in [0.4, 0.5) is 0 Å². The third kappa shape index (κ3) is 1.59. The van der Waals surface area contributed by atoms with Crippen molar-refractivity contribution in [3.05, 3.63) is 12.7 Å². The molecule has 2 aliphatic rings. The zero-order valence-electron chi connectivity index (χ0n) is 8.98. The van der Waals surface area contributed by atoms with Crippen molar-refractivity contribution in [3.8, 4) is 0 Å². The van der Waals surface area contributed by atoms with E-state index < -0.39 is 5.97 Å². The lowest BCUT2D eigenvalue weighted by Crippen LogP contribution is -2.51. The molecule has 0 aromatic carbocycles. The summed E-state index contributed by atoms with van der Waals surface area (Å²) < 4.78 is 0. The number of hydrogen-bond donors (Lipinski definition) is 2. The minimum Gasteiger partial charge on any atom is -0.481 e. The number of carbonyl (C=O) groups is 1. The molecule has 2 rings (SSSR count). The van der Waals surface area contributed by atoms with Gasteiger partial charge in [0.15, 0.2) is 0 Å². The fourth-order valence-corrected chi connectivity index (χ4v) is 3.66. The SMILES string of the molecule is C=CC1C[C@H]2C[C@@](CN)(CC(=O)O)[C@H]2C1. The summed E-state index contributed by atoms with van der Waals surface area (Å²) in [6.07, 6.45) is 5.55. The molecule has 0 bridgehead atoms. The van der Waals surface area contributed by atoms with Crippen LogP contribution >= 0.6 is 0 Å². The van der Waals surface area contributed by atoms with Gasteiger partial charge in [-0.25, -0.2) is 0 Å². The van der Waals surface area contributed by atoms with Crippen LogP contribution in [0.1, 0.15) is 25.7 Å². The Morgan fingerprint density at radius 3 is 2.87 bits per heavy atom. The number of hydrogen-bond acceptors (Lipinski definition) is 2. The molecule has 2 saturated carbocycles. The quantitative estimate of drug-likeness (QED) is 0.692. The number of aliphatic carboxylic acids is 1. The molecule has 0 saturated heterocycles. The normalized spacial score (nSPS) is 43.1. The summed E-state index contributed by atoms with van der Waals surface area (Å²) in [4.78, 5) is 10.8. The van der Waals surface area contributed by atoms with Gasteiger partial charge >= 0.3 is 5.97 Å². The van der Waals surface area contributed by atoms with E-state index in [9.17, 15) is 4.79 Å². The molecule has 84 valence electrons. The van der Waals surface area contributed by atoms with Gasteiger partial charge in [0.05, 0.1) is 6.42 Å². The van der Waals surface area contributed by atoms with Crippen LogP contribution in [0, 0.1) is 23.2 Å². The van der Waals surface area contributed by atoms with Crippen LogP contribution in [0.2, 0.25) is 0 Å². The fourth-order valence-electron chi connectivity index (χ4n) is 3.66. The molecule has 0 spiro atoms. The predicted octanol–water partition coefficient (Wildman–Crippen LogP) is 1.64. The fraction of sp³-hybridized carbons (Fsp3) is 0.750. The van der Waals surface area contributed by atoms with Gasteiger partial charge in [-0.05, 0) is 49.0 Å². The largest absolute Gasteiger partial charge is 0.481 e. The van der Waals surface area contributed by atoms with Crippen molar-refractivity contribution in [3.63, 3.8) is 0 Å². The lowest BCUT2D eigenvalue weighted by molar-refractivity contribution is -0.145. The standard InChI is InChI=1S/C12H19NO2/c1-2-8-3-9-5-12(7-13,6-11(14)15)10(9)4-8/h2,8-10H,1,3-7,13H2,(H,14,15)/t8?,9-,10-,12-/m0/s1. The van der Waals surface area contributed by atoms with E-state index in [1.54, 1.807) is 0 Å². The van der Waals surface area contributed by atoms with Gasteiger partial charge in [0, 0.05) is 0 Å². The highest BCUT2D eigenvalue weighted by atomic mass is 16.4. The van der Waals surface area contributed by atoms with Crippen LogP contribution in [0.25, 0.3) is 0 Å². The minimum atomic E-state index is -0.707. The molecule has 3 nitrogen and oxygen atoms in total. The zero-order chi connectivity index (χ0) is 11.1. The van der Waals surface area contributed by atoms with Gasteiger partial charge in [-0.1, -0.05) is 6.08 Å². The van der Waals surface area contributed by atoms with E-state index in [0.29, 0.717) is 24.3 Å². The maximum absolute atomic E-state index is 10.8. The number of carboxylic acids is 1. The molecular formula is C12H19NO2. The minimum absolute atomic E-state index is 0.103. The molecule has 3 N–H and O–H groups in total. The first-order chi connectivity index (χ1) is 7.11. The summed E-state index contributed by atoms with van der Waals surface area (Å²) in [7, 11) is 0. The van der Waals surface area contributed by atoms with Gasteiger partial charge in [0.25, 0.3) is 0 Å². The van der Waals surface area contributed by atoms with Crippen LogP contribution in [-0.4, -0.2) is 17.6 Å². The Labute approximate surface area is 90.3 Å². The Balaban J connectivity index is 2.06. The van der Waals surface area contributed by atoms with Gasteiger partial charge in [0.2, 0.25) is 0 Å². The molecule has 0 amide bonds. The van der Waals surface area contributed by atoms with Crippen molar-refractivity contribution in [2.75, 3.05) is 6.54 Å². The lowest BCUT2D eigenvalue weighted by atomic mass is 9.53. The Kier molecular flexibility index (Phi) is 2.59. The van der Waals surface area contributed by atoms with Crippen molar-refractivity contribution < 1.29 is 9.90 Å². The highest BCUT2D eigenvalue weighted by Gasteiger charge is 2.56. The summed E-state index contributed by atoms with van der Waals surface area (Å²) in [6, 6.07) is 0. The lowest BCUT2D eigenvalue weighted by Gasteiger charge is -2.51. The van der Waals surface area contributed by atoms with Crippen molar-refractivity contribution in [2.45, 2.75) is 25.7 Å². The maximum Gasteiger partial charge on any atom is 0.303 e. The van der Waals surface area contributed by atoms with Crippen molar-refractivity contribution in [1.82, 2.24) is 0 Å². The second-order valence-electron chi connectivity index (χ2n) is 5.17. The summed E-state index contributed by atoms with van der Waals surface area (Å²) in [5.41, 5.74) is 5.67. The van der Waals surface area contributed by atoms with E-state index in [1.807, 2.05) is 6.08 Å². The van der Waals surface area contributed by atoms with E-state index in [4.69, 9.17) is 10.8 Å². The number of allylic oxidation sites excluding steroid dienone is 1. The van der Waals surface area contributed by atoms with Crippen LogP contribution in [0.5, 0.6) is 0 Å². The Hall–Kier alpha value is -0.830. The molecule has 0 aromatic heterocycles. The van der Waals surface area contributed by atoms with E-state index in [-0.39, 0.29) is 11.8 Å². The van der Waals surface area contributed by atoms with Gasteiger partial charge in [-0.3, -0.25) is 4.79 Å². The molecule has 0 radical (unpaired) electrons. The zero-order valence-corrected chi connectivity index (χ0v) is 8.98. The molecule has 0 heterocycles. The van der Waals surface area contributed by atoms with Gasteiger partial charge < -0.3 is 10.8 Å². The molecular weight excluding hydrogens is 190 g/mol. The van der Waals surface area contributed by atoms with E-state index >= 15 is 0 Å². The first-order valence-corrected chi connectivity index (χ1v) is 5.66. The molecule has 4 atom stereocenters. The van der Waals surface area contributed by atoms with Crippen molar-refractivity contribution in [2.24, 2.45) is 28.9 Å². The topological polar surface area (TPSA) is 63.3 Å². The number of nitrogens with two attached hydrogens (primary N) is 1. The first-order valence-electron chi connectivity index (χ1n) is 5.66. The average Bonchev–Trinajstić information content (AvgIpc) is 2.53. The molecule has 0 aliphatic heterocycles. The molecule has 3 heteroatoms. The summed E-state index contributed by atoms with van der Waals surface area (Å²) >= 11 is 0. The van der Waals surface area contributed by atoms with E-state index in [2.05, 4.69) is 6.58 Å². The van der Waals surface area contributed by atoms with Crippen LogP contribution in [0.15, 0.2) is 12.7 Å². The Bertz CT molecular complexity index is 289. The van der Waals surface area contributed by atoms with Crippen LogP contribution in [-0.2, 0) is 4.79 Å². The van der Waals surface area contributed by atoms with Gasteiger partial charge in [0.1, 0.15) is 0 Å². The Morgan fingerprint density at radius 1 is 1.60 bits per heavy atom. The second kappa shape index (κ2) is 3.63. The second-order valence-corrected chi connectivity index (χ2v) is 5.17. The van der Waals surface area contributed by atoms with E-state index in [1.165, 1.54) is 6.42 Å². The summed E-state index contributed by atoms with van der Waals surface area (Å²) in [5.74, 6) is 1.11. The van der Waals surface area contributed by atoms with Gasteiger partial charge in [-0.2, -0.15) is 0 Å². The highest BCUT2D eigenvalue weighted by molar-refractivity contribution is 5.68. The van der Waals surface area contributed by atoms with Crippen molar-refractivity contribution in [1.29, 1.82) is 0 Å². The maximum atomic E-state index is 10.8. The molecule has 0 aromatic rings. The smallest absolute Gasteiger partial charge is 0.303 e. The number of rotatable bonds is 4. The average molecular weight is 209 g/mol. The molecule has 2 fully saturated rings. The summed E-state index contributed by atoms with van der Waals surface area (Å²) in [5, 5.41) is 8.91. The Morgan fingerprint density at radius 2 is 2.33 bits per heavy atom. The highest BCUT2D eigenvalue weighted by Crippen LogP contribution is 2.61. The molecule has 1 unspecified atom stereocenters. The number of fused-ring (bicyclic) bond motifs is 1. The molecule has 15 heavy (non-hydrogen) atoms. The number of carboxylic acid groups (broad SMARTS) is 1. The monoisotopic (exact) mass is 209 g/mol.